The van der Waals surface area contributed by atoms with Crippen LogP contribution < -0.4 is 0 Å². The predicted octanol–water partition coefficient (Wildman–Crippen LogP) is -0.514. The lowest BCUT2D eigenvalue weighted by Crippen LogP contribution is -2.42. The van der Waals surface area contributed by atoms with Gasteiger partial charge in [-0.2, -0.15) is 0 Å². The highest BCUT2D eigenvalue weighted by Crippen LogP contribution is 2.17. The standard InChI is InChI=1S/C8H17NO3S/c1-3-9(4-2)7-5-13(11,12)6-8(7)10/h7-8,10H,3-6H2,1-2H3/t7-,8+/m1/s1. The van der Waals surface area contributed by atoms with Crippen molar-refractivity contribution in [2.45, 2.75) is 26.0 Å². The van der Waals surface area contributed by atoms with E-state index in [1.807, 2.05) is 18.7 Å². The molecule has 0 aromatic rings. The largest absolute Gasteiger partial charge is 0.390 e. The summed E-state index contributed by atoms with van der Waals surface area (Å²) in [7, 11) is -3.00. The first-order chi connectivity index (χ1) is 6.00. The van der Waals surface area contributed by atoms with E-state index < -0.39 is 15.9 Å². The van der Waals surface area contributed by atoms with Gasteiger partial charge >= 0.3 is 0 Å². The van der Waals surface area contributed by atoms with Crippen LogP contribution in [0, 0.1) is 0 Å². The van der Waals surface area contributed by atoms with Gasteiger partial charge < -0.3 is 5.11 Å². The minimum atomic E-state index is -3.00. The maximum atomic E-state index is 11.2. The van der Waals surface area contributed by atoms with E-state index in [1.54, 1.807) is 0 Å². The molecule has 0 unspecified atom stereocenters. The zero-order valence-electron chi connectivity index (χ0n) is 8.10. The summed E-state index contributed by atoms with van der Waals surface area (Å²) in [6.07, 6.45) is -0.704. The van der Waals surface area contributed by atoms with Crippen molar-refractivity contribution in [3.05, 3.63) is 0 Å². The minimum absolute atomic E-state index is 0.0752. The maximum Gasteiger partial charge on any atom is 0.154 e. The summed E-state index contributed by atoms with van der Waals surface area (Å²) in [5, 5.41) is 9.54. The highest BCUT2D eigenvalue weighted by Gasteiger charge is 2.38. The van der Waals surface area contributed by atoms with Gasteiger partial charge in [0.25, 0.3) is 0 Å². The average Bonchev–Trinajstić information content (AvgIpc) is 2.28. The second-order valence-electron chi connectivity index (χ2n) is 3.43. The van der Waals surface area contributed by atoms with Gasteiger partial charge in [0, 0.05) is 0 Å². The first-order valence-corrected chi connectivity index (χ1v) is 6.44. The van der Waals surface area contributed by atoms with Crippen LogP contribution in [0.2, 0.25) is 0 Å². The molecule has 0 bridgehead atoms. The normalized spacial score (nSPS) is 32.6. The molecule has 0 aromatic carbocycles. The molecule has 1 aliphatic heterocycles. The summed E-state index contributed by atoms with van der Waals surface area (Å²) in [5.41, 5.74) is 0. The molecule has 0 spiro atoms. The van der Waals surface area contributed by atoms with Crippen LogP contribution in [0.4, 0.5) is 0 Å². The van der Waals surface area contributed by atoms with Gasteiger partial charge in [0.15, 0.2) is 9.84 Å². The number of rotatable bonds is 3. The van der Waals surface area contributed by atoms with Gasteiger partial charge in [-0.3, -0.25) is 4.90 Å². The first kappa shape index (κ1) is 10.9. The predicted molar refractivity (Wildman–Crippen MR) is 51.4 cm³/mol. The quantitative estimate of drug-likeness (QED) is 0.677. The third-order valence-corrected chi connectivity index (χ3v) is 4.27. The molecule has 1 N–H and O–H groups in total. The van der Waals surface area contributed by atoms with Gasteiger partial charge in [0.1, 0.15) is 0 Å². The number of hydrogen-bond donors (Lipinski definition) is 1. The summed E-state index contributed by atoms with van der Waals surface area (Å²) >= 11 is 0. The molecule has 1 heterocycles. The van der Waals surface area contributed by atoms with Crippen LogP contribution in [0.25, 0.3) is 0 Å². The van der Waals surface area contributed by atoms with Crippen LogP contribution in [-0.4, -0.2) is 55.2 Å². The van der Waals surface area contributed by atoms with Crippen LogP contribution in [0.1, 0.15) is 13.8 Å². The maximum absolute atomic E-state index is 11.2. The van der Waals surface area contributed by atoms with Crippen LogP contribution in [0.15, 0.2) is 0 Å². The third-order valence-electron chi connectivity index (χ3n) is 2.57. The smallest absolute Gasteiger partial charge is 0.154 e. The number of likely N-dealkylation sites (N-methyl/N-ethyl adjacent to an activating group) is 1. The molecule has 5 heteroatoms. The Morgan fingerprint density at radius 1 is 1.31 bits per heavy atom. The van der Waals surface area contributed by atoms with Gasteiger partial charge in [0.05, 0.1) is 23.7 Å². The lowest BCUT2D eigenvalue weighted by atomic mass is 10.2. The molecule has 1 aliphatic rings. The summed E-state index contributed by atoms with van der Waals surface area (Å²) in [6.45, 7) is 5.52. The molecule has 78 valence electrons. The van der Waals surface area contributed by atoms with Crippen molar-refractivity contribution in [3.63, 3.8) is 0 Å². The number of aliphatic hydroxyl groups excluding tert-OH is 1. The molecule has 2 atom stereocenters. The Kier molecular flexibility index (Phi) is 3.32. The summed E-state index contributed by atoms with van der Waals surface area (Å²) in [5.74, 6) is 0.0318. The van der Waals surface area contributed by atoms with Crippen molar-refractivity contribution < 1.29 is 13.5 Å². The Labute approximate surface area is 79.5 Å². The molecule has 0 saturated carbocycles. The van der Waals surface area contributed by atoms with Crippen molar-refractivity contribution in [1.29, 1.82) is 0 Å². The second-order valence-corrected chi connectivity index (χ2v) is 5.59. The Morgan fingerprint density at radius 3 is 2.15 bits per heavy atom. The van der Waals surface area contributed by atoms with Crippen LogP contribution in [-0.2, 0) is 9.84 Å². The van der Waals surface area contributed by atoms with E-state index in [9.17, 15) is 13.5 Å². The number of hydrogen-bond acceptors (Lipinski definition) is 4. The van der Waals surface area contributed by atoms with Crippen molar-refractivity contribution >= 4 is 9.84 Å². The second kappa shape index (κ2) is 3.94. The first-order valence-electron chi connectivity index (χ1n) is 4.62. The van der Waals surface area contributed by atoms with E-state index in [-0.39, 0.29) is 17.5 Å². The van der Waals surface area contributed by atoms with Gasteiger partial charge in [-0.15, -0.1) is 0 Å². The zero-order chi connectivity index (χ0) is 10.1. The van der Waals surface area contributed by atoms with Gasteiger partial charge in [-0.1, -0.05) is 13.8 Å². The fourth-order valence-corrected chi connectivity index (χ4v) is 3.68. The van der Waals surface area contributed by atoms with Gasteiger partial charge in [-0.05, 0) is 13.1 Å². The molecule has 4 nitrogen and oxygen atoms in total. The Morgan fingerprint density at radius 2 is 1.85 bits per heavy atom. The molecule has 0 aromatic heterocycles. The number of nitrogens with zero attached hydrogens (tertiary/aromatic N) is 1. The molecular weight excluding hydrogens is 190 g/mol. The number of sulfone groups is 1. The van der Waals surface area contributed by atoms with E-state index in [2.05, 4.69) is 0 Å². The fourth-order valence-electron chi connectivity index (χ4n) is 1.85. The lowest BCUT2D eigenvalue weighted by Gasteiger charge is -2.27. The van der Waals surface area contributed by atoms with Crippen LogP contribution >= 0.6 is 0 Å². The average molecular weight is 207 g/mol. The van der Waals surface area contributed by atoms with Crippen LogP contribution in [0.3, 0.4) is 0 Å². The van der Waals surface area contributed by atoms with Crippen molar-refractivity contribution in [2.75, 3.05) is 24.6 Å². The Bertz CT molecular complexity index is 259. The van der Waals surface area contributed by atoms with Gasteiger partial charge in [-0.25, -0.2) is 8.42 Å². The molecule has 0 amide bonds. The van der Waals surface area contributed by atoms with E-state index in [0.29, 0.717) is 0 Å². The molecule has 1 saturated heterocycles. The van der Waals surface area contributed by atoms with Gasteiger partial charge in [0.2, 0.25) is 0 Å². The SMILES string of the molecule is CCN(CC)[C@@H]1CS(=O)(=O)C[C@@H]1O. The third kappa shape index (κ3) is 2.42. The highest BCUT2D eigenvalue weighted by atomic mass is 32.2. The molecule has 0 aliphatic carbocycles. The summed E-state index contributed by atoms with van der Waals surface area (Å²) in [4.78, 5) is 2.00. The zero-order valence-corrected chi connectivity index (χ0v) is 8.92. The summed E-state index contributed by atoms with van der Waals surface area (Å²) in [6, 6.07) is -0.194. The summed E-state index contributed by atoms with van der Waals surface area (Å²) < 4.78 is 22.4. The fraction of sp³-hybridized carbons (Fsp3) is 1.00. The van der Waals surface area contributed by atoms with E-state index >= 15 is 0 Å². The van der Waals surface area contributed by atoms with Crippen molar-refractivity contribution in [1.82, 2.24) is 4.90 Å². The molecule has 13 heavy (non-hydrogen) atoms. The minimum Gasteiger partial charge on any atom is -0.390 e. The number of aliphatic hydroxyl groups is 1. The van der Waals surface area contributed by atoms with Crippen molar-refractivity contribution in [3.8, 4) is 0 Å². The van der Waals surface area contributed by atoms with E-state index in [4.69, 9.17) is 0 Å². The topological polar surface area (TPSA) is 57.6 Å². The molecule has 1 rings (SSSR count). The van der Waals surface area contributed by atoms with Crippen LogP contribution in [0.5, 0.6) is 0 Å². The lowest BCUT2D eigenvalue weighted by molar-refractivity contribution is 0.0901. The molecule has 0 radical (unpaired) electrons. The monoisotopic (exact) mass is 207 g/mol. The van der Waals surface area contributed by atoms with E-state index in [1.165, 1.54) is 0 Å². The Hall–Kier alpha value is -0.130. The molecule has 1 fully saturated rings. The highest BCUT2D eigenvalue weighted by molar-refractivity contribution is 7.91. The van der Waals surface area contributed by atoms with Crippen molar-refractivity contribution in [2.24, 2.45) is 0 Å². The molecular formula is C8H17NO3S. The van der Waals surface area contributed by atoms with E-state index in [0.717, 1.165) is 13.1 Å². The Balaban J connectivity index is 2.72.